The Bertz CT molecular complexity index is 1060. The number of carbonyl (C=O) groups excluding carboxylic acids is 1. The number of nitrogens with one attached hydrogen (secondary N) is 1. The monoisotopic (exact) mass is 498 g/mol. The summed E-state index contributed by atoms with van der Waals surface area (Å²) in [6.45, 7) is -0.0504. The SMILES string of the molecule is COc1ccc(N(CCCC(=O)Nc2cc(C(F)(F)F)ccc2Cl)S(C)(=O)=O)cc1Cl. The maximum Gasteiger partial charge on any atom is 0.416 e. The smallest absolute Gasteiger partial charge is 0.416 e. The maximum absolute atomic E-state index is 12.8. The molecule has 0 saturated heterocycles. The predicted molar refractivity (Wildman–Crippen MR) is 115 cm³/mol. The van der Waals surface area contributed by atoms with Crippen molar-refractivity contribution < 1.29 is 31.1 Å². The van der Waals surface area contributed by atoms with Crippen LogP contribution in [-0.4, -0.2) is 34.2 Å². The van der Waals surface area contributed by atoms with Crippen LogP contribution in [0.15, 0.2) is 36.4 Å². The lowest BCUT2D eigenvalue weighted by atomic mass is 10.2. The molecule has 0 unspecified atom stereocenters. The van der Waals surface area contributed by atoms with Crippen molar-refractivity contribution >= 4 is 50.5 Å². The van der Waals surface area contributed by atoms with Crippen LogP contribution < -0.4 is 14.4 Å². The molecule has 0 fully saturated rings. The van der Waals surface area contributed by atoms with Crippen LogP contribution >= 0.6 is 23.2 Å². The van der Waals surface area contributed by atoms with E-state index in [0.29, 0.717) is 5.75 Å². The van der Waals surface area contributed by atoms with E-state index in [4.69, 9.17) is 27.9 Å². The fourth-order valence-corrected chi connectivity index (χ4v) is 4.06. The molecule has 1 amide bonds. The van der Waals surface area contributed by atoms with E-state index in [-0.39, 0.29) is 40.8 Å². The van der Waals surface area contributed by atoms with Gasteiger partial charge in [-0.1, -0.05) is 23.2 Å². The topological polar surface area (TPSA) is 75.7 Å². The molecule has 2 rings (SSSR count). The van der Waals surface area contributed by atoms with Gasteiger partial charge in [0.15, 0.2) is 0 Å². The Hall–Kier alpha value is -2.17. The number of methoxy groups -OCH3 is 1. The molecule has 0 heterocycles. The molecule has 0 aliphatic rings. The molecule has 0 saturated carbocycles. The predicted octanol–water partition coefficient (Wildman–Crippen LogP) is 5.21. The number of rotatable bonds is 8. The van der Waals surface area contributed by atoms with Gasteiger partial charge in [-0.25, -0.2) is 8.42 Å². The molecule has 0 aliphatic carbocycles. The number of anilines is 2. The third-order valence-electron chi connectivity index (χ3n) is 4.16. The van der Waals surface area contributed by atoms with Crippen LogP contribution in [0, 0.1) is 0 Å². The number of benzene rings is 2. The average molecular weight is 499 g/mol. The van der Waals surface area contributed by atoms with Crippen LogP contribution in [0.3, 0.4) is 0 Å². The summed E-state index contributed by atoms with van der Waals surface area (Å²) < 4.78 is 69.0. The zero-order chi connectivity index (χ0) is 23.4. The van der Waals surface area contributed by atoms with Gasteiger partial charge in [0, 0.05) is 13.0 Å². The number of alkyl halides is 3. The van der Waals surface area contributed by atoms with E-state index in [9.17, 15) is 26.4 Å². The standard InChI is InChI=1S/C19H19Cl2F3N2O4S/c1-30-17-8-6-13(11-15(17)21)26(31(2,28)29)9-3-4-18(27)25-16-10-12(19(22,23)24)5-7-14(16)20/h5-8,10-11H,3-4,9H2,1-2H3,(H,25,27). The van der Waals surface area contributed by atoms with Crippen molar-refractivity contribution in [3.05, 3.63) is 52.0 Å². The van der Waals surface area contributed by atoms with Crippen molar-refractivity contribution in [3.63, 3.8) is 0 Å². The summed E-state index contributed by atoms with van der Waals surface area (Å²) >= 11 is 11.9. The van der Waals surface area contributed by atoms with Crippen molar-refractivity contribution in [1.82, 2.24) is 0 Å². The Morgan fingerprint density at radius 1 is 1.13 bits per heavy atom. The minimum absolute atomic E-state index is 0.0491. The first kappa shape index (κ1) is 25.1. The van der Waals surface area contributed by atoms with Gasteiger partial charge >= 0.3 is 6.18 Å². The molecule has 12 heteroatoms. The second-order valence-electron chi connectivity index (χ2n) is 6.50. The highest BCUT2D eigenvalue weighted by molar-refractivity contribution is 7.92. The van der Waals surface area contributed by atoms with Crippen LogP contribution in [0.5, 0.6) is 5.75 Å². The van der Waals surface area contributed by atoms with Crippen molar-refractivity contribution in [2.75, 3.05) is 29.5 Å². The summed E-state index contributed by atoms with van der Waals surface area (Å²) in [5.74, 6) is -0.237. The molecule has 0 radical (unpaired) electrons. The minimum Gasteiger partial charge on any atom is -0.495 e. The second kappa shape index (κ2) is 9.97. The van der Waals surface area contributed by atoms with E-state index in [0.717, 1.165) is 28.8 Å². The zero-order valence-corrected chi connectivity index (χ0v) is 18.8. The summed E-state index contributed by atoms with van der Waals surface area (Å²) in [4.78, 5) is 12.2. The number of nitrogens with zero attached hydrogens (tertiary/aromatic N) is 1. The highest BCUT2D eigenvalue weighted by Crippen LogP contribution is 2.34. The summed E-state index contributed by atoms with van der Waals surface area (Å²) in [5.41, 5.74) is -0.843. The Morgan fingerprint density at radius 3 is 2.35 bits per heavy atom. The molecule has 31 heavy (non-hydrogen) atoms. The van der Waals surface area contributed by atoms with Gasteiger partial charge in [0.2, 0.25) is 15.9 Å². The fraction of sp³-hybridized carbons (Fsp3) is 0.316. The van der Waals surface area contributed by atoms with Gasteiger partial charge < -0.3 is 10.1 Å². The molecule has 2 aromatic carbocycles. The molecule has 2 aromatic rings. The quantitative estimate of drug-likeness (QED) is 0.542. The number of amides is 1. The molecule has 0 aliphatic heterocycles. The Kier molecular flexibility index (Phi) is 8.07. The zero-order valence-electron chi connectivity index (χ0n) is 16.5. The first-order chi connectivity index (χ1) is 14.3. The molecule has 6 nitrogen and oxygen atoms in total. The summed E-state index contributed by atoms with van der Waals surface area (Å²) in [6, 6.07) is 7.03. The molecular formula is C19H19Cl2F3N2O4S. The molecule has 0 bridgehead atoms. The Morgan fingerprint density at radius 2 is 1.81 bits per heavy atom. The number of carbonyl (C=O) groups is 1. The first-order valence-corrected chi connectivity index (χ1v) is 11.4. The third-order valence-corrected chi connectivity index (χ3v) is 5.98. The van der Waals surface area contributed by atoms with E-state index in [2.05, 4.69) is 5.32 Å². The number of hydrogen-bond acceptors (Lipinski definition) is 4. The molecule has 0 atom stereocenters. The van der Waals surface area contributed by atoms with Gasteiger partial charge in [0.05, 0.1) is 40.3 Å². The minimum atomic E-state index is -4.58. The number of sulfonamides is 1. The molecule has 170 valence electrons. The number of halogens is 5. The lowest BCUT2D eigenvalue weighted by Crippen LogP contribution is -2.31. The largest absolute Gasteiger partial charge is 0.495 e. The van der Waals surface area contributed by atoms with Gasteiger partial charge in [0.25, 0.3) is 0 Å². The summed E-state index contributed by atoms with van der Waals surface area (Å²) in [7, 11) is -2.26. The van der Waals surface area contributed by atoms with Gasteiger partial charge in [0.1, 0.15) is 5.75 Å². The Labute approximate surface area is 187 Å². The van der Waals surface area contributed by atoms with Gasteiger partial charge in [-0.2, -0.15) is 13.2 Å². The first-order valence-electron chi connectivity index (χ1n) is 8.81. The van der Waals surface area contributed by atoms with E-state index in [1.54, 1.807) is 0 Å². The van der Waals surface area contributed by atoms with Gasteiger partial charge in [-0.15, -0.1) is 0 Å². The highest BCUT2D eigenvalue weighted by atomic mass is 35.5. The Balaban J connectivity index is 2.06. The molecule has 0 spiro atoms. The normalized spacial score (nSPS) is 11.8. The summed E-state index contributed by atoms with van der Waals surface area (Å²) in [5, 5.41) is 2.49. The third kappa shape index (κ3) is 6.91. The number of hydrogen-bond donors (Lipinski definition) is 1. The van der Waals surface area contributed by atoms with Crippen molar-refractivity contribution in [1.29, 1.82) is 0 Å². The average Bonchev–Trinajstić information content (AvgIpc) is 2.65. The van der Waals surface area contributed by atoms with E-state index >= 15 is 0 Å². The van der Waals surface area contributed by atoms with Crippen LogP contribution in [0.1, 0.15) is 18.4 Å². The van der Waals surface area contributed by atoms with E-state index in [1.807, 2.05) is 0 Å². The van der Waals surface area contributed by atoms with Crippen molar-refractivity contribution in [3.8, 4) is 5.75 Å². The van der Waals surface area contributed by atoms with E-state index < -0.39 is 27.7 Å². The van der Waals surface area contributed by atoms with E-state index in [1.165, 1.54) is 25.3 Å². The van der Waals surface area contributed by atoms with Crippen LogP contribution in [0.25, 0.3) is 0 Å². The fourth-order valence-electron chi connectivity index (χ4n) is 2.69. The second-order valence-corrected chi connectivity index (χ2v) is 9.22. The molecule has 1 N–H and O–H groups in total. The maximum atomic E-state index is 12.8. The van der Waals surface area contributed by atoms with Crippen molar-refractivity contribution in [2.24, 2.45) is 0 Å². The van der Waals surface area contributed by atoms with Gasteiger partial charge in [-0.3, -0.25) is 9.10 Å². The summed E-state index contributed by atoms with van der Waals surface area (Å²) in [6.07, 6.45) is -3.63. The molecule has 0 aromatic heterocycles. The lowest BCUT2D eigenvalue weighted by molar-refractivity contribution is -0.137. The van der Waals surface area contributed by atoms with Crippen LogP contribution in [-0.2, 0) is 21.0 Å². The lowest BCUT2D eigenvalue weighted by Gasteiger charge is -2.23. The number of ether oxygens (including phenoxy) is 1. The highest BCUT2D eigenvalue weighted by Gasteiger charge is 2.31. The van der Waals surface area contributed by atoms with Crippen molar-refractivity contribution in [2.45, 2.75) is 19.0 Å². The van der Waals surface area contributed by atoms with Crippen LogP contribution in [0.2, 0.25) is 10.0 Å². The van der Waals surface area contributed by atoms with Gasteiger partial charge in [-0.05, 0) is 42.8 Å². The molecular weight excluding hydrogens is 480 g/mol. The van der Waals surface area contributed by atoms with Crippen LogP contribution in [0.4, 0.5) is 24.5 Å².